The van der Waals surface area contributed by atoms with E-state index < -0.39 is 11.7 Å². The van der Waals surface area contributed by atoms with Crippen molar-refractivity contribution in [3.63, 3.8) is 0 Å². The van der Waals surface area contributed by atoms with Crippen LogP contribution in [0.5, 0.6) is 5.75 Å². The average molecular weight is 175 g/mol. The summed E-state index contributed by atoms with van der Waals surface area (Å²) in [6, 6.07) is 4.91. The minimum atomic E-state index is -4.38. The second-order valence-corrected chi connectivity index (χ2v) is 2.14. The van der Waals surface area contributed by atoms with Crippen LogP contribution in [-0.4, -0.2) is 0 Å². The molecule has 0 saturated carbocycles. The first-order chi connectivity index (χ1) is 5.55. The van der Waals surface area contributed by atoms with Crippen LogP contribution >= 0.6 is 0 Å². The Hall–Kier alpha value is -1.19. The summed E-state index contributed by atoms with van der Waals surface area (Å²) in [6.45, 7) is 0. The monoisotopic (exact) mass is 175 g/mol. The molecule has 1 aromatic carbocycles. The van der Waals surface area contributed by atoms with Crippen molar-refractivity contribution in [1.29, 1.82) is 0 Å². The first-order valence-electron chi connectivity index (χ1n) is 3.14. The predicted molar refractivity (Wildman–Crippen MR) is 37.4 cm³/mol. The van der Waals surface area contributed by atoms with Crippen LogP contribution in [0.2, 0.25) is 0 Å². The quantitative estimate of drug-likeness (QED) is 0.637. The van der Waals surface area contributed by atoms with Crippen LogP contribution in [0.3, 0.4) is 0 Å². The Kier molecular flexibility index (Phi) is 2.26. The number of rotatable bonds is 1. The van der Waals surface area contributed by atoms with Crippen molar-refractivity contribution in [1.82, 2.24) is 0 Å². The van der Waals surface area contributed by atoms with Crippen molar-refractivity contribution in [3.05, 3.63) is 36.9 Å². The summed E-state index contributed by atoms with van der Waals surface area (Å²) in [4.78, 5) is 0. The van der Waals surface area contributed by atoms with E-state index in [0.717, 1.165) is 6.07 Å². The summed E-state index contributed by atoms with van der Waals surface area (Å²) in [5, 5.41) is 0. The Morgan fingerprint density at radius 1 is 1.17 bits per heavy atom. The summed E-state index contributed by atoms with van der Waals surface area (Å²) in [7, 11) is 2.93. The third kappa shape index (κ3) is 1.69. The predicted octanol–water partition coefficient (Wildman–Crippen LogP) is 2.88. The van der Waals surface area contributed by atoms with Gasteiger partial charge in [-0.1, -0.05) is 12.1 Å². The zero-order valence-electron chi connectivity index (χ0n) is 6.06. The Bertz CT molecular complexity index is 267. The maximum absolute atomic E-state index is 12.1. The number of hydrogen-bond donors (Lipinski definition) is 0. The fourth-order valence-corrected chi connectivity index (χ4v) is 0.827. The van der Waals surface area contributed by atoms with E-state index in [-0.39, 0.29) is 5.75 Å². The average Bonchev–Trinajstić information content (AvgIpc) is 2.03. The molecule has 0 heterocycles. The number of hydrogen-bond acceptors (Lipinski definition) is 1. The van der Waals surface area contributed by atoms with E-state index in [0.29, 0.717) is 0 Å². The van der Waals surface area contributed by atoms with Gasteiger partial charge in [0.25, 0.3) is 0 Å². The molecule has 0 aliphatic heterocycles. The van der Waals surface area contributed by atoms with Crippen LogP contribution in [-0.2, 0) is 6.18 Å². The molecule has 1 nitrogen and oxygen atoms in total. The van der Waals surface area contributed by atoms with E-state index >= 15 is 0 Å². The molecule has 0 amide bonds. The summed E-state index contributed by atoms with van der Waals surface area (Å²) in [6.07, 6.45) is -4.38. The molecule has 0 spiro atoms. The van der Waals surface area contributed by atoms with Gasteiger partial charge in [0.1, 0.15) is 12.9 Å². The topological polar surface area (TPSA) is 9.23 Å². The third-order valence-corrected chi connectivity index (χ3v) is 1.35. The van der Waals surface area contributed by atoms with E-state index in [1.807, 2.05) is 0 Å². The molecular weight excluding hydrogens is 169 g/mol. The highest BCUT2D eigenvalue weighted by molar-refractivity contribution is 5.35. The molecule has 0 aliphatic rings. The lowest BCUT2D eigenvalue weighted by Crippen LogP contribution is -2.06. The van der Waals surface area contributed by atoms with E-state index in [2.05, 4.69) is 11.8 Å². The van der Waals surface area contributed by atoms with Gasteiger partial charge in [-0.3, -0.25) is 0 Å². The van der Waals surface area contributed by atoms with Gasteiger partial charge in [0.15, 0.2) is 0 Å². The number of ether oxygens (including phenoxy) is 1. The van der Waals surface area contributed by atoms with E-state index in [9.17, 15) is 13.2 Å². The molecular formula is C8H6F3O. The highest BCUT2D eigenvalue weighted by Crippen LogP contribution is 2.35. The van der Waals surface area contributed by atoms with Gasteiger partial charge in [-0.05, 0) is 12.1 Å². The summed E-state index contributed by atoms with van der Waals surface area (Å²) in [5.74, 6) is -0.259. The van der Waals surface area contributed by atoms with Gasteiger partial charge in [0.05, 0.1) is 5.56 Å². The standard InChI is InChI=1S/C8H6F3O/c1-12-7-5-3-2-4-6(7)8(9,10)11/h2-5H,1H2. The van der Waals surface area contributed by atoms with Crippen LogP contribution in [0, 0.1) is 7.11 Å². The fraction of sp³-hybridized carbons (Fsp3) is 0.125. The zero-order valence-corrected chi connectivity index (χ0v) is 6.06. The summed E-state index contributed by atoms with van der Waals surface area (Å²) in [5.41, 5.74) is -0.806. The number of halogens is 3. The van der Waals surface area contributed by atoms with Gasteiger partial charge in [0.2, 0.25) is 0 Å². The van der Waals surface area contributed by atoms with E-state index in [4.69, 9.17) is 0 Å². The molecule has 1 aromatic rings. The molecule has 0 unspecified atom stereocenters. The Balaban J connectivity index is 3.14. The fourth-order valence-electron chi connectivity index (χ4n) is 0.827. The smallest absolute Gasteiger partial charge is 0.419 e. The largest absolute Gasteiger partial charge is 0.489 e. The highest BCUT2D eigenvalue weighted by Gasteiger charge is 2.33. The van der Waals surface area contributed by atoms with Crippen molar-refractivity contribution >= 4 is 0 Å². The lowest BCUT2D eigenvalue weighted by Gasteiger charge is -2.10. The Labute approximate surface area is 67.8 Å². The van der Waals surface area contributed by atoms with Crippen LogP contribution < -0.4 is 4.74 Å². The molecule has 0 saturated heterocycles. The maximum Gasteiger partial charge on any atom is 0.419 e. The maximum atomic E-state index is 12.1. The number of benzene rings is 1. The molecule has 0 N–H and O–H groups in total. The second kappa shape index (κ2) is 3.05. The molecule has 12 heavy (non-hydrogen) atoms. The van der Waals surface area contributed by atoms with Gasteiger partial charge in [-0.2, -0.15) is 13.2 Å². The minimum absolute atomic E-state index is 0.259. The molecule has 4 heteroatoms. The zero-order chi connectivity index (χ0) is 9.19. The Morgan fingerprint density at radius 3 is 2.17 bits per heavy atom. The number of para-hydroxylation sites is 1. The molecule has 0 aliphatic carbocycles. The molecule has 65 valence electrons. The van der Waals surface area contributed by atoms with Gasteiger partial charge in [0, 0.05) is 0 Å². The normalized spacial score (nSPS) is 11.3. The van der Waals surface area contributed by atoms with E-state index in [1.165, 1.54) is 18.2 Å². The molecule has 0 aromatic heterocycles. The van der Waals surface area contributed by atoms with Crippen molar-refractivity contribution in [2.24, 2.45) is 0 Å². The van der Waals surface area contributed by atoms with Crippen LogP contribution in [0.25, 0.3) is 0 Å². The number of alkyl halides is 3. The van der Waals surface area contributed by atoms with Gasteiger partial charge < -0.3 is 4.74 Å². The van der Waals surface area contributed by atoms with Gasteiger partial charge >= 0.3 is 6.18 Å². The SMILES string of the molecule is [CH2]Oc1ccccc1C(F)(F)F. The van der Waals surface area contributed by atoms with Gasteiger partial charge in [-0.25, -0.2) is 0 Å². The van der Waals surface area contributed by atoms with Crippen LogP contribution in [0.15, 0.2) is 24.3 Å². The van der Waals surface area contributed by atoms with Crippen molar-refractivity contribution < 1.29 is 17.9 Å². The van der Waals surface area contributed by atoms with Crippen LogP contribution in [0.4, 0.5) is 13.2 Å². The first kappa shape index (κ1) is 8.90. The first-order valence-corrected chi connectivity index (χ1v) is 3.14. The van der Waals surface area contributed by atoms with Crippen LogP contribution in [0.1, 0.15) is 5.56 Å². The van der Waals surface area contributed by atoms with Crippen molar-refractivity contribution in [2.75, 3.05) is 0 Å². The minimum Gasteiger partial charge on any atom is -0.489 e. The molecule has 0 atom stereocenters. The molecule has 1 rings (SSSR count). The molecule has 0 bridgehead atoms. The third-order valence-electron chi connectivity index (χ3n) is 1.35. The van der Waals surface area contributed by atoms with E-state index in [1.54, 1.807) is 0 Å². The second-order valence-electron chi connectivity index (χ2n) is 2.14. The molecule has 0 fully saturated rings. The lowest BCUT2D eigenvalue weighted by molar-refractivity contribution is -0.138. The van der Waals surface area contributed by atoms with Gasteiger partial charge in [-0.15, -0.1) is 0 Å². The summed E-state index contributed by atoms with van der Waals surface area (Å²) < 4.78 is 40.7. The summed E-state index contributed by atoms with van der Waals surface area (Å²) >= 11 is 0. The highest BCUT2D eigenvalue weighted by atomic mass is 19.4. The van der Waals surface area contributed by atoms with Crippen molar-refractivity contribution in [3.8, 4) is 5.75 Å². The lowest BCUT2D eigenvalue weighted by atomic mass is 10.2. The van der Waals surface area contributed by atoms with Crippen molar-refractivity contribution in [2.45, 2.75) is 6.18 Å². The Morgan fingerprint density at radius 2 is 1.75 bits per heavy atom. The molecule has 1 radical (unpaired) electrons.